The number of amides is 1. The second kappa shape index (κ2) is 6.87. The van der Waals surface area contributed by atoms with Gasteiger partial charge in [0.2, 0.25) is 5.91 Å². The van der Waals surface area contributed by atoms with Crippen LogP contribution in [0.1, 0.15) is 19.8 Å². The van der Waals surface area contributed by atoms with Crippen molar-refractivity contribution in [1.29, 1.82) is 0 Å². The summed E-state index contributed by atoms with van der Waals surface area (Å²) >= 11 is 10.2. The Labute approximate surface area is 126 Å². The second-order valence-electron chi connectivity index (χ2n) is 3.63. The van der Waals surface area contributed by atoms with Crippen LogP contribution in [-0.4, -0.2) is 11.9 Å². The third-order valence-corrected chi connectivity index (χ3v) is 3.90. The Balaban J connectivity index is 2.85. The van der Waals surface area contributed by atoms with Gasteiger partial charge in [0.25, 0.3) is 0 Å². The summed E-state index contributed by atoms with van der Waals surface area (Å²) in [6, 6.07) is 3.26. The molecule has 1 atom stereocenters. The fraction of sp³-hybridized carbons (Fsp3) is 0.364. The molecule has 0 aliphatic rings. The molecule has 1 rings (SSSR count). The number of hydrogen-bond acceptors (Lipinski definition) is 2. The molecule has 0 saturated heterocycles. The van der Waals surface area contributed by atoms with Gasteiger partial charge in [-0.3, -0.25) is 4.79 Å². The molecule has 0 heterocycles. The lowest BCUT2D eigenvalue weighted by molar-refractivity contribution is -0.117. The lowest BCUT2D eigenvalue weighted by Crippen LogP contribution is -2.35. The van der Waals surface area contributed by atoms with Crippen LogP contribution >= 0.6 is 47.8 Å². The van der Waals surface area contributed by atoms with Crippen LogP contribution in [0.3, 0.4) is 0 Å². The molecule has 3 N–H and O–H groups in total. The van der Waals surface area contributed by atoms with Crippen molar-refractivity contribution in [3.63, 3.8) is 0 Å². The van der Waals surface area contributed by atoms with E-state index in [1.807, 2.05) is 19.1 Å². The van der Waals surface area contributed by atoms with Gasteiger partial charge in [0.05, 0.1) is 11.7 Å². The largest absolute Gasteiger partial charge is 0.323 e. The van der Waals surface area contributed by atoms with Gasteiger partial charge in [-0.1, -0.05) is 29.3 Å². The highest BCUT2D eigenvalue weighted by atomic mass is 79.9. The van der Waals surface area contributed by atoms with Crippen molar-refractivity contribution in [3.8, 4) is 0 Å². The molecule has 0 fully saturated rings. The highest BCUT2D eigenvalue weighted by Gasteiger charge is 2.15. The van der Waals surface area contributed by atoms with Crippen LogP contribution in [0.25, 0.3) is 0 Å². The fourth-order valence-corrected chi connectivity index (χ4v) is 3.78. The summed E-state index contributed by atoms with van der Waals surface area (Å²) in [4.78, 5) is 11.8. The number of carbonyl (C=O) groups is 1. The van der Waals surface area contributed by atoms with Crippen LogP contribution < -0.4 is 11.1 Å². The van der Waals surface area contributed by atoms with Gasteiger partial charge in [-0.15, -0.1) is 0 Å². The first kappa shape index (κ1) is 15.1. The first-order valence-electron chi connectivity index (χ1n) is 5.16. The molecule has 17 heavy (non-hydrogen) atoms. The minimum Gasteiger partial charge on any atom is -0.323 e. The normalized spacial score (nSPS) is 12.3. The van der Waals surface area contributed by atoms with E-state index in [1.54, 1.807) is 0 Å². The summed E-state index contributed by atoms with van der Waals surface area (Å²) in [5, 5.41) is 2.81. The number of nitrogens with one attached hydrogen (secondary N) is 1. The molecule has 1 amide bonds. The Morgan fingerprint density at radius 2 is 1.88 bits per heavy atom. The van der Waals surface area contributed by atoms with Crippen LogP contribution in [0.2, 0.25) is 0 Å². The Hall–Kier alpha value is 0.0900. The smallest absolute Gasteiger partial charge is 0.241 e. The monoisotopic (exact) mass is 426 g/mol. The highest BCUT2D eigenvalue weighted by Crippen LogP contribution is 2.34. The van der Waals surface area contributed by atoms with Crippen molar-refractivity contribution < 1.29 is 4.79 Å². The van der Waals surface area contributed by atoms with Crippen LogP contribution in [-0.2, 0) is 4.79 Å². The predicted molar refractivity (Wildman–Crippen MR) is 81.1 cm³/mol. The number of nitrogens with two attached hydrogens (primary N) is 1. The van der Waals surface area contributed by atoms with Gasteiger partial charge in [-0.05, 0) is 50.4 Å². The van der Waals surface area contributed by atoms with Crippen LogP contribution in [0, 0.1) is 0 Å². The van der Waals surface area contributed by atoms with E-state index in [0.29, 0.717) is 12.1 Å². The van der Waals surface area contributed by atoms with Crippen molar-refractivity contribution >= 4 is 59.4 Å². The molecular formula is C11H13Br3N2O. The van der Waals surface area contributed by atoms with E-state index < -0.39 is 6.04 Å². The SMILES string of the molecule is CCC[C@H](N)C(=O)Nc1c(Br)cc(Br)cc1Br. The number of carbonyl (C=O) groups excluding carboxylic acids is 1. The summed E-state index contributed by atoms with van der Waals surface area (Å²) in [7, 11) is 0. The van der Waals surface area contributed by atoms with E-state index >= 15 is 0 Å². The quantitative estimate of drug-likeness (QED) is 0.760. The summed E-state index contributed by atoms with van der Waals surface area (Å²) in [5.41, 5.74) is 6.45. The molecule has 0 aliphatic heterocycles. The van der Waals surface area contributed by atoms with E-state index in [4.69, 9.17) is 5.73 Å². The first-order valence-corrected chi connectivity index (χ1v) is 7.54. The Morgan fingerprint density at radius 3 is 2.35 bits per heavy atom. The van der Waals surface area contributed by atoms with E-state index in [-0.39, 0.29) is 5.91 Å². The molecule has 1 aromatic carbocycles. The van der Waals surface area contributed by atoms with E-state index in [1.165, 1.54) is 0 Å². The van der Waals surface area contributed by atoms with Crippen molar-refractivity contribution in [2.75, 3.05) is 5.32 Å². The molecule has 0 saturated carbocycles. The molecule has 0 radical (unpaired) electrons. The van der Waals surface area contributed by atoms with Gasteiger partial charge in [0.15, 0.2) is 0 Å². The lowest BCUT2D eigenvalue weighted by atomic mass is 10.1. The minimum absolute atomic E-state index is 0.171. The van der Waals surface area contributed by atoms with Crippen LogP contribution in [0.5, 0.6) is 0 Å². The zero-order valence-electron chi connectivity index (χ0n) is 9.27. The van der Waals surface area contributed by atoms with Crippen molar-refractivity contribution in [2.24, 2.45) is 5.73 Å². The summed E-state index contributed by atoms with van der Waals surface area (Å²) in [6.07, 6.45) is 1.56. The summed E-state index contributed by atoms with van der Waals surface area (Å²) in [6.45, 7) is 2.00. The first-order chi connectivity index (χ1) is 7.95. The van der Waals surface area contributed by atoms with Crippen molar-refractivity contribution in [3.05, 3.63) is 25.6 Å². The summed E-state index contributed by atoms with van der Waals surface area (Å²) in [5.74, 6) is -0.171. The molecule has 0 aromatic heterocycles. The Morgan fingerprint density at radius 1 is 1.35 bits per heavy atom. The molecule has 0 unspecified atom stereocenters. The molecule has 0 spiro atoms. The average Bonchev–Trinajstić information content (AvgIpc) is 2.23. The zero-order chi connectivity index (χ0) is 13.0. The lowest BCUT2D eigenvalue weighted by Gasteiger charge is -2.14. The fourth-order valence-electron chi connectivity index (χ4n) is 1.32. The van der Waals surface area contributed by atoms with Crippen molar-refractivity contribution in [1.82, 2.24) is 0 Å². The van der Waals surface area contributed by atoms with Gasteiger partial charge < -0.3 is 11.1 Å². The standard InChI is InChI=1S/C11H13Br3N2O/c1-2-3-9(15)11(17)16-10-7(13)4-6(12)5-8(10)14/h4-5,9H,2-3,15H2,1H3,(H,16,17)/t9-/m0/s1. The molecule has 1 aromatic rings. The topological polar surface area (TPSA) is 55.1 Å². The maximum Gasteiger partial charge on any atom is 0.241 e. The third kappa shape index (κ3) is 4.35. The average molecular weight is 429 g/mol. The van der Waals surface area contributed by atoms with E-state index in [9.17, 15) is 4.79 Å². The van der Waals surface area contributed by atoms with Gasteiger partial charge in [-0.25, -0.2) is 0 Å². The minimum atomic E-state index is -0.470. The van der Waals surface area contributed by atoms with E-state index in [0.717, 1.165) is 19.8 Å². The Bertz CT molecular complexity index is 400. The molecule has 94 valence electrons. The van der Waals surface area contributed by atoms with Crippen LogP contribution in [0.4, 0.5) is 5.69 Å². The zero-order valence-corrected chi connectivity index (χ0v) is 14.0. The van der Waals surface area contributed by atoms with Crippen molar-refractivity contribution in [2.45, 2.75) is 25.8 Å². The highest BCUT2D eigenvalue weighted by molar-refractivity contribution is 9.11. The molecular weight excluding hydrogens is 416 g/mol. The molecule has 6 heteroatoms. The maximum atomic E-state index is 11.8. The third-order valence-electron chi connectivity index (χ3n) is 2.19. The van der Waals surface area contributed by atoms with Gasteiger partial charge in [-0.2, -0.15) is 0 Å². The van der Waals surface area contributed by atoms with E-state index in [2.05, 4.69) is 53.1 Å². The molecule has 0 aliphatic carbocycles. The molecule has 0 bridgehead atoms. The second-order valence-corrected chi connectivity index (χ2v) is 6.25. The molecule has 3 nitrogen and oxygen atoms in total. The number of halogens is 3. The Kier molecular flexibility index (Phi) is 6.12. The number of anilines is 1. The number of rotatable bonds is 4. The number of hydrogen-bond donors (Lipinski definition) is 2. The van der Waals surface area contributed by atoms with Gasteiger partial charge >= 0.3 is 0 Å². The number of benzene rings is 1. The maximum absolute atomic E-state index is 11.8. The van der Waals surface area contributed by atoms with Gasteiger partial charge in [0, 0.05) is 13.4 Å². The summed E-state index contributed by atoms with van der Waals surface area (Å²) < 4.78 is 2.53. The predicted octanol–water partition coefficient (Wildman–Crippen LogP) is 4.04. The van der Waals surface area contributed by atoms with Gasteiger partial charge in [0.1, 0.15) is 0 Å². The van der Waals surface area contributed by atoms with Crippen LogP contribution in [0.15, 0.2) is 25.6 Å².